The van der Waals surface area contributed by atoms with Gasteiger partial charge in [-0.2, -0.15) is 0 Å². The summed E-state index contributed by atoms with van der Waals surface area (Å²) in [7, 11) is 0. The van der Waals surface area contributed by atoms with E-state index in [0.29, 0.717) is 19.0 Å². The molecule has 0 bridgehead atoms. The first-order chi connectivity index (χ1) is 11.3. The molecule has 23 heavy (non-hydrogen) atoms. The third kappa shape index (κ3) is 3.48. The zero-order valence-corrected chi connectivity index (χ0v) is 12.9. The number of nitrogens with zero attached hydrogens (tertiary/aromatic N) is 3. The Bertz CT molecular complexity index is 796. The number of carbonyl (C=O) groups excluding carboxylic acids is 1. The van der Waals surface area contributed by atoms with Gasteiger partial charge in [0.1, 0.15) is 5.82 Å². The van der Waals surface area contributed by atoms with Crippen molar-refractivity contribution in [1.82, 2.24) is 14.8 Å². The average molecular weight is 310 g/mol. The van der Waals surface area contributed by atoms with Crippen LogP contribution in [0, 0.1) is 0 Å². The van der Waals surface area contributed by atoms with E-state index in [0.717, 1.165) is 6.54 Å². The topological polar surface area (TPSA) is 69.0 Å². The molecule has 3 aromatic rings. The van der Waals surface area contributed by atoms with Crippen LogP contribution in [0.2, 0.25) is 0 Å². The van der Waals surface area contributed by atoms with Gasteiger partial charge < -0.3 is 14.6 Å². The number of hydrogen-bond acceptors (Lipinski definition) is 5. The van der Waals surface area contributed by atoms with Crippen molar-refractivity contribution >= 4 is 22.7 Å². The third-order valence-electron chi connectivity index (χ3n) is 3.49. The Morgan fingerprint density at radius 3 is 2.83 bits per heavy atom. The summed E-state index contributed by atoms with van der Waals surface area (Å²) in [6.45, 7) is 3.61. The lowest BCUT2D eigenvalue weighted by molar-refractivity contribution is 0.0518. The van der Waals surface area contributed by atoms with Crippen LogP contribution in [0.1, 0.15) is 17.4 Å². The minimum absolute atomic E-state index is 0.216. The first kappa shape index (κ1) is 15.0. The maximum absolute atomic E-state index is 11.5. The fraction of sp³-hybridized carbons (Fsp3) is 0.235. The third-order valence-corrected chi connectivity index (χ3v) is 3.49. The van der Waals surface area contributed by atoms with E-state index in [2.05, 4.69) is 44.5 Å². The maximum Gasteiger partial charge on any atom is 0.358 e. The number of nitrogens with one attached hydrogen (secondary N) is 1. The second kappa shape index (κ2) is 6.91. The fourth-order valence-electron chi connectivity index (χ4n) is 2.38. The molecule has 0 aliphatic carbocycles. The quantitative estimate of drug-likeness (QED) is 0.709. The van der Waals surface area contributed by atoms with E-state index >= 15 is 0 Å². The lowest BCUT2D eigenvalue weighted by atomic mass is 10.2. The van der Waals surface area contributed by atoms with Crippen LogP contribution in [0.4, 0.5) is 5.82 Å². The van der Waals surface area contributed by atoms with Crippen LogP contribution < -0.4 is 5.32 Å². The Morgan fingerprint density at radius 2 is 2.04 bits per heavy atom. The summed E-state index contributed by atoms with van der Waals surface area (Å²) < 4.78 is 7.06. The number of esters is 1. The van der Waals surface area contributed by atoms with Crippen LogP contribution in [0.5, 0.6) is 0 Å². The Labute approximate surface area is 134 Å². The molecule has 2 aromatic heterocycles. The number of para-hydroxylation sites is 1. The van der Waals surface area contributed by atoms with Crippen LogP contribution >= 0.6 is 0 Å². The SMILES string of the molecule is CCOC(=O)c1ccc(NCCn2ccc3ccccc32)nn1. The van der Waals surface area contributed by atoms with Crippen LogP contribution in [0.15, 0.2) is 48.7 Å². The van der Waals surface area contributed by atoms with E-state index in [1.807, 2.05) is 12.1 Å². The summed E-state index contributed by atoms with van der Waals surface area (Å²) in [6, 6.07) is 13.7. The van der Waals surface area contributed by atoms with E-state index in [1.54, 1.807) is 19.1 Å². The molecule has 0 unspecified atom stereocenters. The van der Waals surface area contributed by atoms with E-state index < -0.39 is 5.97 Å². The number of rotatable bonds is 6. The lowest BCUT2D eigenvalue weighted by Gasteiger charge is -2.08. The second-order valence-electron chi connectivity index (χ2n) is 5.02. The van der Waals surface area contributed by atoms with Crippen molar-refractivity contribution in [3.8, 4) is 0 Å². The zero-order chi connectivity index (χ0) is 16.1. The first-order valence-corrected chi connectivity index (χ1v) is 7.56. The van der Waals surface area contributed by atoms with Crippen LogP contribution in [0.25, 0.3) is 10.9 Å². The normalized spacial score (nSPS) is 10.7. The Morgan fingerprint density at radius 1 is 1.17 bits per heavy atom. The van der Waals surface area contributed by atoms with Gasteiger partial charge in [-0.15, -0.1) is 10.2 Å². The van der Waals surface area contributed by atoms with E-state index in [9.17, 15) is 4.79 Å². The molecule has 0 atom stereocenters. The highest BCUT2D eigenvalue weighted by molar-refractivity contribution is 5.87. The van der Waals surface area contributed by atoms with Crippen LogP contribution in [-0.2, 0) is 11.3 Å². The highest BCUT2D eigenvalue weighted by atomic mass is 16.5. The van der Waals surface area contributed by atoms with Crippen LogP contribution in [0.3, 0.4) is 0 Å². The molecule has 0 aliphatic rings. The van der Waals surface area contributed by atoms with Crippen molar-refractivity contribution in [3.05, 3.63) is 54.4 Å². The van der Waals surface area contributed by atoms with E-state index in [-0.39, 0.29) is 5.69 Å². The summed E-state index contributed by atoms with van der Waals surface area (Å²) in [5.41, 5.74) is 1.42. The summed E-state index contributed by atoms with van der Waals surface area (Å²) >= 11 is 0. The predicted octanol–water partition coefficient (Wildman–Crippen LogP) is 2.72. The molecule has 1 aromatic carbocycles. The molecule has 0 fully saturated rings. The van der Waals surface area contributed by atoms with Gasteiger partial charge in [0.15, 0.2) is 5.69 Å². The minimum atomic E-state index is -0.453. The molecular weight excluding hydrogens is 292 g/mol. The number of carbonyl (C=O) groups is 1. The summed E-state index contributed by atoms with van der Waals surface area (Å²) in [5.74, 6) is 0.180. The first-order valence-electron chi connectivity index (χ1n) is 7.56. The summed E-state index contributed by atoms with van der Waals surface area (Å²) in [6.07, 6.45) is 2.07. The summed E-state index contributed by atoms with van der Waals surface area (Å²) in [4.78, 5) is 11.5. The molecule has 0 amide bonds. The van der Waals surface area contributed by atoms with Gasteiger partial charge in [-0.25, -0.2) is 4.79 Å². The molecule has 0 spiro atoms. The van der Waals surface area contributed by atoms with Crippen molar-refractivity contribution in [2.45, 2.75) is 13.5 Å². The molecule has 6 nitrogen and oxygen atoms in total. The molecule has 1 N–H and O–H groups in total. The van der Waals surface area contributed by atoms with Gasteiger partial charge in [0.2, 0.25) is 0 Å². The monoisotopic (exact) mass is 310 g/mol. The lowest BCUT2D eigenvalue weighted by Crippen LogP contribution is -2.13. The number of anilines is 1. The highest BCUT2D eigenvalue weighted by Crippen LogP contribution is 2.14. The molecule has 118 valence electrons. The summed E-state index contributed by atoms with van der Waals surface area (Å²) in [5, 5.41) is 12.3. The largest absolute Gasteiger partial charge is 0.461 e. The second-order valence-corrected chi connectivity index (χ2v) is 5.02. The Kier molecular flexibility index (Phi) is 4.52. The van der Waals surface area contributed by atoms with Gasteiger partial charge in [0, 0.05) is 24.8 Å². The molecule has 0 aliphatic heterocycles. The standard InChI is InChI=1S/C17H18N4O2/c1-2-23-17(22)14-7-8-16(20-19-14)18-10-12-21-11-9-13-5-3-4-6-15(13)21/h3-9,11H,2,10,12H2,1H3,(H,18,20). The predicted molar refractivity (Wildman–Crippen MR) is 88.4 cm³/mol. The number of fused-ring (bicyclic) bond motifs is 1. The molecular formula is C17H18N4O2. The molecule has 0 radical (unpaired) electrons. The van der Waals surface area contributed by atoms with Crippen molar-refractivity contribution in [1.29, 1.82) is 0 Å². The Hall–Kier alpha value is -2.89. The molecule has 3 rings (SSSR count). The Balaban J connectivity index is 1.57. The minimum Gasteiger partial charge on any atom is -0.461 e. The molecule has 6 heteroatoms. The van der Waals surface area contributed by atoms with Gasteiger partial charge in [-0.05, 0) is 36.6 Å². The molecule has 0 saturated heterocycles. The van der Waals surface area contributed by atoms with Crippen molar-refractivity contribution in [2.24, 2.45) is 0 Å². The zero-order valence-electron chi connectivity index (χ0n) is 12.9. The van der Waals surface area contributed by atoms with Crippen molar-refractivity contribution < 1.29 is 9.53 Å². The fourth-order valence-corrected chi connectivity index (χ4v) is 2.38. The highest BCUT2D eigenvalue weighted by Gasteiger charge is 2.08. The van der Waals surface area contributed by atoms with E-state index in [1.165, 1.54) is 10.9 Å². The molecule has 2 heterocycles. The number of aromatic nitrogens is 3. The number of benzene rings is 1. The number of ether oxygens (including phenoxy) is 1. The maximum atomic E-state index is 11.5. The van der Waals surface area contributed by atoms with Gasteiger partial charge >= 0.3 is 5.97 Å². The smallest absolute Gasteiger partial charge is 0.358 e. The molecule has 0 saturated carbocycles. The van der Waals surface area contributed by atoms with Gasteiger partial charge in [-0.3, -0.25) is 0 Å². The van der Waals surface area contributed by atoms with Crippen LogP contribution in [-0.4, -0.2) is 33.9 Å². The van der Waals surface area contributed by atoms with Gasteiger partial charge in [-0.1, -0.05) is 18.2 Å². The van der Waals surface area contributed by atoms with Crippen molar-refractivity contribution in [3.63, 3.8) is 0 Å². The van der Waals surface area contributed by atoms with Crippen molar-refractivity contribution in [2.75, 3.05) is 18.5 Å². The number of hydrogen-bond donors (Lipinski definition) is 1. The van der Waals surface area contributed by atoms with Gasteiger partial charge in [0.05, 0.1) is 6.61 Å². The van der Waals surface area contributed by atoms with E-state index in [4.69, 9.17) is 4.74 Å². The van der Waals surface area contributed by atoms with Gasteiger partial charge in [0.25, 0.3) is 0 Å². The average Bonchev–Trinajstić information content (AvgIpc) is 2.99.